The summed E-state index contributed by atoms with van der Waals surface area (Å²) in [5.74, 6) is -0.508. The van der Waals surface area contributed by atoms with Crippen LogP contribution in [0.2, 0.25) is 0 Å². The fourth-order valence-corrected chi connectivity index (χ4v) is 2.19. The molecule has 1 rings (SSSR count). The molecule has 0 unspecified atom stereocenters. The van der Waals surface area contributed by atoms with Crippen LogP contribution in [0.25, 0.3) is 0 Å². The van der Waals surface area contributed by atoms with E-state index in [9.17, 15) is 14.4 Å². The molecule has 136 valence electrons. The van der Waals surface area contributed by atoms with E-state index in [-0.39, 0.29) is 23.7 Å². The van der Waals surface area contributed by atoms with Gasteiger partial charge in [-0.05, 0) is 47.0 Å². The first-order valence-electron chi connectivity index (χ1n) is 8.27. The van der Waals surface area contributed by atoms with Gasteiger partial charge >= 0.3 is 6.09 Å². The fourth-order valence-electron chi connectivity index (χ4n) is 2.19. The molecule has 0 aliphatic rings. The quantitative estimate of drug-likeness (QED) is 0.556. The van der Waals surface area contributed by atoms with E-state index in [1.807, 2.05) is 0 Å². The summed E-state index contributed by atoms with van der Waals surface area (Å²) in [4.78, 5) is 35.6. The molecule has 0 spiro atoms. The molecule has 0 aliphatic heterocycles. The summed E-state index contributed by atoms with van der Waals surface area (Å²) in [5.41, 5.74) is -0.177. The van der Waals surface area contributed by atoms with Crippen molar-refractivity contribution in [1.29, 1.82) is 5.41 Å². The van der Waals surface area contributed by atoms with Gasteiger partial charge in [-0.2, -0.15) is 0 Å². The van der Waals surface area contributed by atoms with Crippen molar-refractivity contribution in [1.82, 2.24) is 5.32 Å². The van der Waals surface area contributed by atoms with Gasteiger partial charge < -0.3 is 15.5 Å². The van der Waals surface area contributed by atoms with Crippen LogP contribution in [0.1, 0.15) is 57.3 Å². The third kappa shape index (κ3) is 7.74. The highest BCUT2D eigenvalue weighted by Gasteiger charge is 2.22. The Bertz CT molecular complexity index is 633. The number of alkyl carbamates (subject to hydrolysis) is 1. The number of carbonyl (C=O) groups excluding carboxylic acids is 3. The largest absolute Gasteiger partial charge is 0.444 e. The Morgan fingerprint density at radius 2 is 1.76 bits per heavy atom. The normalized spacial score (nSPS) is 12.2. The molecule has 25 heavy (non-hydrogen) atoms. The average molecular weight is 346 g/mol. The molecule has 6 heteroatoms. The second kappa shape index (κ2) is 9.11. The molecular formula is C19H26N2O4. The Kier molecular flexibility index (Phi) is 7.48. The fraction of sp³-hybridized carbons (Fsp3) is 0.474. The minimum absolute atomic E-state index is 0.00855. The van der Waals surface area contributed by atoms with E-state index >= 15 is 0 Å². The lowest BCUT2D eigenvalue weighted by Crippen LogP contribution is -2.42. The third-order valence-electron chi connectivity index (χ3n) is 3.41. The van der Waals surface area contributed by atoms with Crippen LogP contribution in [0.5, 0.6) is 0 Å². The Morgan fingerprint density at radius 1 is 1.16 bits per heavy atom. The van der Waals surface area contributed by atoms with Crippen LogP contribution < -0.4 is 5.32 Å². The Hall–Kier alpha value is -2.50. The van der Waals surface area contributed by atoms with Gasteiger partial charge in [-0.1, -0.05) is 30.3 Å². The van der Waals surface area contributed by atoms with Crippen molar-refractivity contribution in [2.75, 3.05) is 0 Å². The van der Waals surface area contributed by atoms with E-state index in [1.165, 1.54) is 6.92 Å². The lowest BCUT2D eigenvalue weighted by Gasteiger charge is -2.22. The van der Waals surface area contributed by atoms with Crippen LogP contribution in [0.15, 0.2) is 30.3 Å². The number of rotatable bonds is 8. The van der Waals surface area contributed by atoms with Crippen molar-refractivity contribution in [3.05, 3.63) is 35.9 Å². The lowest BCUT2D eigenvalue weighted by atomic mass is 10.00. The Morgan fingerprint density at radius 3 is 2.28 bits per heavy atom. The van der Waals surface area contributed by atoms with Crippen LogP contribution in [0.4, 0.5) is 4.79 Å². The van der Waals surface area contributed by atoms with Crippen molar-refractivity contribution < 1.29 is 19.1 Å². The van der Waals surface area contributed by atoms with Crippen LogP contribution >= 0.6 is 0 Å². The second-order valence-electron chi connectivity index (χ2n) is 6.88. The maximum atomic E-state index is 12.1. The molecule has 0 saturated carbocycles. The van der Waals surface area contributed by atoms with Gasteiger partial charge in [-0.3, -0.25) is 9.59 Å². The van der Waals surface area contributed by atoms with Crippen LogP contribution in [0, 0.1) is 5.41 Å². The Balaban J connectivity index is 2.50. The number of hydrogen-bond acceptors (Lipinski definition) is 5. The van der Waals surface area contributed by atoms with E-state index in [1.54, 1.807) is 51.1 Å². The van der Waals surface area contributed by atoms with Gasteiger partial charge in [0.2, 0.25) is 5.78 Å². The molecule has 0 heterocycles. The number of nitrogens with one attached hydrogen (secondary N) is 2. The summed E-state index contributed by atoms with van der Waals surface area (Å²) in [6.07, 6.45) is 0.382. The van der Waals surface area contributed by atoms with E-state index in [0.717, 1.165) is 0 Å². The second-order valence-corrected chi connectivity index (χ2v) is 6.88. The topological polar surface area (TPSA) is 96.3 Å². The number of benzene rings is 1. The molecule has 0 aliphatic carbocycles. The average Bonchev–Trinajstić information content (AvgIpc) is 2.52. The zero-order valence-electron chi connectivity index (χ0n) is 15.2. The molecular weight excluding hydrogens is 320 g/mol. The number of amides is 1. The molecule has 1 aromatic rings. The van der Waals surface area contributed by atoms with Gasteiger partial charge in [0.25, 0.3) is 0 Å². The molecule has 0 radical (unpaired) electrons. The highest BCUT2D eigenvalue weighted by molar-refractivity contribution is 6.44. The smallest absolute Gasteiger partial charge is 0.408 e. The SMILES string of the molecule is CC(=O)[C@H](CCCC(=N)C(=O)c1ccccc1)NC(=O)OC(C)(C)C. The van der Waals surface area contributed by atoms with Gasteiger partial charge in [0, 0.05) is 5.56 Å². The maximum Gasteiger partial charge on any atom is 0.408 e. The first kappa shape index (κ1) is 20.5. The number of ether oxygens (including phenoxy) is 1. The first-order chi connectivity index (χ1) is 11.6. The zero-order valence-corrected chi connectivity index (χ0v) is 15.2. The molecule has 0 fully saturated rings. The first-order valence-corrected chi connectivity index (χ1v) is 8.27. The number of ketones is 2. The number of hydrogen-bond donors (Lipinski definition) is 2. The van der Waals surface area contributed by atoms with Gasteiger partial charge in [-0.25, -0.2) is 4.79 Å². The molecule has 6 nitrogen and oxygen atoms in total. The molecule has 1 aromatic carbocycles. The van der Waals surface area contributed by atoms with Crippen molar-refractivity contribution in [2.24, 2.45) is 0 Å². The zero-order chi connectivity index (χ0) is 19.0. The maximum absolute atomic E-state index is 12.1. The van der Waals surface area contributed by atoms with Gasteiger partial charge in [0.1, 0.15) is 5.60 Å². The van der Waals surface area contributed by atoms with Gasteiger partial charge in [0.05, 0.1) is 11.8 Å². The standard InChI is InChI=1S/C19H26N2O4/c1-13(22)16(21-18(24)25-19(2,3)4)12-8-11-15(20)17(23)14-9-6-5-7-10-14/h5-7,9-10,16,20H,8,11-12H2,1-4H3,(H,21,24)/t16-/m0/s1. The molecule has 0 bridgehead atoms. The van der Waals surface area contributed by atoms with Gasteiger partial charge in [-0.15, -0.1) is 0 Å². The van der Waals surface area contributed by atoms with E-state index < -0.39 is 17.7 Å². The van der Waals surface area contributed by atoms with Crippen molar-refractivity contribution in [2.45, 2.75) is 58.6 Å². The summed E-state index contributed by atoms with van der Waals surface area (Å²) in [5, 5.41) is 10.4. The summed E-state index contributed by atoms with van der Waals surface area (Å²) in [6.45, 7) is 6.62. The molecule has 0 saturated heterocycles. The Labute approximate surface area is 148 Å². The summed E-state index contributed by atoms with van der Waals surface area (Å²) < 4.78 is 5.14. The highest BCUT2D eigenvalue weighted by Crippen LogP contribution is 2.10. The molecule has 0 aromatic heterocycles. The predicted octanol–water partition coefficient (Wildman–Crippen LogP) is 3.54. The molecule has 1 amide bonds. The minimum atomic E-state index is -0.686. The van der Waals surface area contributed by atoms with Crippen molar-refractivity contribution >= 4 is 23.4 Å². The predicted molar refractivity (Wildman–Crippen MR) is 96.2 cm³/mol. The van der Waals surface area contributed by atoms with Crippen molar-refractivity contribution in [3.8, 4) is 0 Å². The summed E-state index contributed by atoms with van der Waals surface area (Å²) >= 11 is 0. The van der Waals surface area contributed by atoms with E-state index in [4.69, 9.17) is 10.1 Å². The summed E-state index contributed by atoms with van der Waals surface area (Å²) in [7, 11) is 0. The van der Waals surface area contributed by atoms with Crippen LogP contribution in [0.3, 0.4) is 0 Å². The van der Waals surface area contributed by atoms with E-state index in [0.29, 0.717) is 18.4 Å². The summed E-state index contributed by atoms with van der Waals surface area (Å²) in [6, 6.07) is 7.95. The monoisotopic (exact) mass is 346 g/mol. The highest BCUT2D eigenvalue weighted by atomic mass is 16.6. The van der Waals surface area contributed by atoms with Gasteiger partial charge in [0.15, 0.2) is 5.78 Å². The van der Waals surface area contributed by atoms with Crippen LogP contribution in [-0.4, -0.2) is 35.0 Å². The van der Waals surface area contributed by atoms with Crippen LogP contribution in [-0.2, 0) is 9.53 Å². The number of carbonyl (C=O) groups is 3. The van der Waals surface area contributed by atoms with E-state index in [2.05, 4.69) is 5.32 Å². The third-order valence-corrected chi connectivity index (χ3v) is 3.41. The molecule has 2 N–H and O–H groups in total. The number of Topliss-reactive ketones (excluding diaryl/α,β-unsaturated/α-hetero) is 2. The lowest BCUT2D eigenvalue weighted by molar-refractivity contribution is -0.119. The van der Waals surface area contributed by atoms with Crippen molar-refractivity contribution in [3.63, 3.8) is 0 Å². The molecule has 1 atom stereocenters. The minimum Gasteiger partial charge on any atom is -0.444 e.